The molecule has 0 aromatic heterocycles. The van der Waals surface area contributed by atoms with E-state index in [0.717, 1.165) is 10.3 Å². The Bertz CT molecular complexity index is 333. The number of halogens is 1. The third kappa shape index (κ3) is 3.90. The Morgan fingerprint density at radius 1 is 1.18 bits per heavy atom. The summed E-state index contributed by atoms with van der Waals surface area (Å²) in [6.45, 7) is 0.711. The van der Waals surface area contributed by atoms with E-state index in [1.807, 2.05) is 12.1 Å². The van der Waals surface area contributed by atoms with E-state index in [-0.39, 0.29) is 0 Å². The number of rotatable bonds is 4. The third-order valence-electron chi connectivity index (χ3n) is 3.36. The lowest BCUT2D eigenvalue weighted by atomic mass is 10.0. The van der Waals surface area contributed by atoms with Crippen molar-refractivity contribution in [3.63, 3.8) is 0 Å². The Hall–Kier alpha value is -0.180. The second kappa shape index (κ2) is 6.67. The summed E-state index contributed by atoms with van der Waals surface area (Å²) in [5, 5.41) is 2.02. The number of thioether (sulfide) groups is 1. The van der Waals surface area contributed by atoms with Crippen LogP contribution in [0.4, 0.5) is 0 Å². The molecular weight excluding hydrogens is 250 g/mol. The van der Waals surface area contributed by atoms with Gasteiger partial charge >= 0.3 is 0 Å². The molecule has 94 valence electrons. The van der Waals surface area contributed by atoms with Gasteiger partial charge in [-0.25, -0.2) is 0 Å². The lowest BCUT2D eigenvalue weighted by Gasteiger charge is -2.25. The molecule has 2 rings (SSSR count). The Balaban J connectivity index is 1.97. The first-order chi connectivity index (χ1) is 8.29. The highest BCUT2D eigenvalue weighted by Crippen LogP contribution is 2.38. The van der Waals surface area contributed by atoms with Gasteiger partial charge in [0.2, 0.25) is 0 Å². The Kier molecular flexibility index (Phi) is 5.20. The maximum absolute atomic E-state index is 5.91. The van der Waals surface area contributed by atoms with E-state index >= 15 is 0 Å². The average Bonchev–Trinajstić information content (AvgIpc) is 2.38. The molecule has 2 N–H and O–H groups in total. The van der Waals surface area contributed by atoms with Crippen molar-refractivity contribution in [3.05, 3.63) is 34.9 Å². The van der Waals surface area contributed by atoms with Gasteiger partial charge in [-0.2, -0.15) is 0 Å². The van der Waals surface area contributed by atoms with Gasteiger partial charge in [-0.1, -0.05) is 43.0 Å². The molecule has 0 radical (unpaired) electrons. The summed E-state index contributed by atoms with van der Waals surface area (Å²) in [6.07, 6.45) is 6.89. The maximum Gasteiger partial charge on any atom is 0.0422 e. The third-order valence-corrected chi connectivity index (χ3v) is 5.27. The van der Waals surface area contributed by atoms with Crippen LogP contribution in [-0.4, -0.2) is 11.8 Å². The molecule has 1 aromatic rings. The van der Waals surface area contributed by atoms with Gasteiger partial charge in [0.15, 0.2) is 0 Å². The van der Waals surface area contributed by atoms with Crippen LogP contribution in [0.3, 0.4) is 0 Å². The molecule has 1 nitrogen and oxygen atoms in total. The molecule has 1 fully saturated rings. The quantitative estimate of drug-likeness (QED) is 0.876. The van der Waals surface area contributed by atoms with Crippen molar-refractivity contribution < 1.29 is 0 Å². The first kappa shape index (κ1) is 13.3. The van der Waals surface area contributed by atoms with E-state index in [1.165, 1.54) is 37.7 Å². The number of hydrogen-bond acceptors (Lipinski definition) is 2. The lowest BCUT2D eigenvalue weighted by molar-refractivity contribution is 0.515. The normalized spacial score (nSPS) is 19.2. The molecular formula is C14H20ClNS. The molecule has 1 unspecified atom stereocenters. The van der Waals surface area contributed by atoms with E-state index in [2.05, 4.69) is 23.9 Å². The van der Waals surface area contributed by atoms with Crippen LogP contribution < -0.4 is 5.73 Å². The van der Waals surface area contributed by atoms with Crippen molar-refractivity contribution in [1.29, 1.82) is 0 Å². The van der Waals surface area contributed by atoms with Gasteiger partial charge in [0.05, 0.1) is 0 Å². The molecule has 0 amide bonds. The minimum atomic E-state index is 0.426. The zero-order valence-corrected chi connectivity index (χ0v) is 11.6. The standard InChI is InChI=1S/C14H20ClNS/c15-12-8-6-11(7-9-12)14(10-16)17-13-4-2-1-3-5-13/h6-9,13-14H,1-5,10,16H2. The molecule has 1 saturated carbocycles. The smallest absolute Gasteiger partial charge is 0.0422 e. The second-order valence-electron chi connectivity index (χ2n) is 4.67. The summed E-state index contributed by atoms with van der Waals surface area (Å²) in [6, 6.07) is 8.13. The van der Waals surface area contributed by atoms with Crippen LogP contribution in [-0.2, 0) is 0 Å². The minimum absolute atomic E-state index is 0.426. The first-order valence-corrected chi connectivity index (χ1v) is 7.72. The molecule has 1 atom stereocenters. The van der Waals surface area contributed by atoms with Crippen LogP contribution in [0.15, 0.2) is 24.3 Å². The Morgan fingerprint density at radius 2 is 1.82 bits per heavy atom. The van der Waals surface area contributed by atoms with Gasteiger partial charge in [-0.15, -0.1) is 11.8 Å². The van der Waals surface area contributed by atoms with Gasteiger partial charge in [0.1, 0.15) is 0 Å². The summed E-state index contributed by atoms with van der Waals surface area (Å²) in [7, 11) is 0. The minimum Gasteiger partial charge on any atom is -0.329 e. The predicted molar refractivity (Wildman–Crippen MR) is 77.7 cm³/mol. The first-order valence-electron chi connectivity index (χ1n) is 6.40. The summed E-state index contributed by atoms with van der Waals surface area (Å²) in [4.78, 5) is 0. The highest BCUT2D eigenvalue weighted by molar-refractivity contribution is 8.00. The van der Waals surface area contributed by atoms with E-state index in [4.69, 9.17) is 17.3 Å². The van der Waals surface area contributed by atoms with Crippen molar-refractivity contribution in [3.8, 4) is 0 Å². The fourth-order valence-corrected chi connectivity index (χ4v) is 4.00. The van der Waals surface area contributed by atoms with E-state index in [0.29, 0.717) is 11.8 Å². The monoisotopic (exact) mass is 269 g/mol. The van der Waals surface area contributed by atoms with Gasteiger partial charge < -0.3 is 5.73 Å². The summed E-state index contributed by atoms with van der Waals surface area (Å²) >= 11 is 7.97. The fraction of sp³-hybridized carbons (Fsp3) is 0.571. The summed E-state index contributed by atoms with van der Waals surface area (Å²) < 4.78 is 0. The summed E-state index contributed by atoms with van der Waals surface area (Å²) in [5.41, 5.74) is 7.22. The largest absolute Gasteiger partial charge is 0.329 e. The maximum atomic E-state index is 5.91. The van der Waals surface area contributed by atoms with Gasteiger partial charge in [-0.05, 0) is 30.5 Å². The number of hydrogen-bond donors (Lipinski definition) is 1. The van der Waals surface area contributed by atoms with Crippen molar-refractivity contribution >= 4 is 23.4 Å². The van der Waals surface area contributed by atoms with Crippen LogP contribution in [0.5, 0.6) is 0 Å². The van der Waals surface area contributed by atoms with Crippen molar-refractivity contribution in [2.45, 2.75) is 42.6 Å². The fourth-order valence-electron chi connectivity index (χ4n) is 2.38. The van der Waals surface area contributed by atoms with Crippen LogP contribution in [0.1, 0.15) is 42.9 Å². The molecule has 0 bridgehead atoms. The predicted octanol–water partition coefficient (Wildman–Crippen LogP) is 4.41. The highest BCUT2D eigenvalue weighted by Gasteiger charge is 2.19. The van der Waals surface area contributed by atoms with Crippen LogP contribution in [0, 0.1) is 0 Å². The highest BCUT2D eigenvalue weighted by atomic mass is 35.5. The molecule has 0 spiro atoms. The summed E-state index contributed by atoms with van der Waals surface area (Å²) in [5.74, 6) is 0. The van der Waals surface area contributed by atoms with Crippen molar-refractivity contribution in [1.82, 2.24) is 0 Å². The Morgan fingerprint density at radius 3 is 2.41 bits per heavy atom. The van der Waals surface area contributed by atoms with Gasteiger partial charge in [0, 0.05) is 22.1 Å². The molecule has 0 aliphatic heterocycles. The molecule has 1 aliphatic rings. The van der Waals surface area contributed by atoms with Gasteiger partial charge in [0.25, 0.3) is 0 Å². The van der Waals surface area contributed by atoms with Crippen molar-refractivity contribution in [2.24, 2.45) is 5.73 Å². The zero-order valence-electron chi connectivity index (χ0n) is 10.1. The van der Waals surface area contributed by atoms with E-state index < -0.39 is 0 Å². The molecule has 1 aliphatic carbocycles. The number of benzene rings is 1. The van der Waals surface area contributed by atoms with Crippen LogP contribution >= 0.6 is 23.4 Å². The number of nitrogens with two attached hydrogens (primary N) is 1. The lowest BCUT2D eigenvalue weighted by Crippen LogP contribution is -2.16. The second-order valence-corrected chi connectivity index (χ2v) is 6.62. The molecule has 3 heteroatoms. The van der Waals surface area contributed by atoms with Crippen LogP contribution in [0.25, 0.3) is 0 Å². The van der Waals surface area contributed by atoms with E-state index in [1.54, 1.807) is 0 Å². The van der Waals surface area contributed by atoms with Crippen molar-refractivity contribution in [2.75, 3.05) is 6.54 Å². The average molecular weight is 270 g/mol. The Labute approximate surface area is 113 Å². The molecule has 1 aromatic carbocycles. The topological polar surface area (TPSA) is 26.0 Å². The van der Waals surface area contributed by atoms with Crippen LogP contribution in [0.2, 0.25) is 5.02 Å². The zero-order chi connectivity index (χ0) is 12.1. The van der Waals surface area contributed by atoms with Gasteiger partial charge in [-0.3, -0.25) is 0 Å². The molecule has 17 heavy (non-hydrogen) atoms. The molecule has 0 saturated heterocycles. The SMILES string of the molecule is NCC(SC1CCCCC1)c1ccc(Cl)cc1. The van der Waals surface area contributed by atoms with E-state index in [9.17, 15) is 0 Å². The molecule has 0 heterocycles.